The van der Waals surface area contributed by atoms with Gasteiger partial charge in [-0.1, -0.05) is 54.7 Å². The molecule has 2 aromatic rings. The lowest BCUT2D eigenvalue weighted by molar-refractivity contribution is -0.139. The van der Waals surface area contributed by atoms with Crippen LogP contribution in [0.3, 0.4) is 0 Å². The normalized spacial score (nSPS) is 10.1. The summed E-state index contributed by atoms with van der Waals surface area (Å²) in [6.45, 7) is 0.288. The minimum atomic E-state index is -0.747. The molecule has 4 N–H and O–H groups in total. The summed E-state index contributed by atoms with van der Waals surface area (Å²) in [6.07, 6.45) is 0. The molecule has 5 nitrogen and oxygen atoms in total. The summed E-state index contributed by atoms with van der Waals surface area (Å²) in [6, 6.07) is 13.7. The predicted octanol–water partition coefficient (Wildman–Crippen LogP) is 0.858. The molecule has 0 fully saturated rings. The molecule has 0 aliphatic heterocycles. The van der Waals surface area contributed by atoms with Gasteiger partial charge in [-0.3, -0.25) is 9.59 Å². The molecule has 0 saturated carbocycles. The van der Waals surface area contributed by atoms with Gasteiger partial charge in [0.1, 0.15) is 0 Å². The number of hydrogen-bond acceptors (Lipinski definition) is 3. The van der Waals surface area contributed by atoms with Gasteiger partial charge in [0.05, 0.1) is 11.5 Å². The molecule has 0 aliphatic rings. The maximum atomic E-state index is 11.7. The monoisotopic (exact) mass is 301 g/mol. The van der Waals surface area contributed by atoms with E-state index in [0.717, 1.165) is 16.3 Å². The van der Waals surface area contributed by atoms with Gasteiger partial charge >= 0.3 is 11.8 Å². The highest BCUT2D eigenvalue weighted by atomic mass is 32.1. The van der Waals surface area contributed by atoms with Crippen LogP contribution in [0.5, 0.6) is 0 Å². The van der Waals surface area contributed by atoms with Crippen LogP contribution in [-0.2, 0) is 16.1 Å². The Kier molecular flexibility index (Phi) is 4.84. The molecule has 2 rings (SSSR count). The molecular weight excluding hydrogens is 286 g/mol. The molecule has 2 amide bonds. The number of nitrogens with two attached hydrogens (primary N) is 1. The molecule has 21 heavy (non-hydrogen) atoms. The third-order valence-electron chi connectivity index (χ3n) is 2.95. The lowest BCUT2D eigenvalue weighted by Gasteiger charge is -2.08. The number of nitrogens with one attached hydrogen (secondary N) is 2. The van der Waals surface area contributed by atoms with Crippen LogP contribution in [-0.4, -0.2) is 23.3 Å². The van der Waals surface area contributed by atoms with E-state index >= 15 is 0 Å². The first-order chi connectivity index (χ1) is 10.1. The molecule has 0 bridgehead atoms. The number of fused-ring (bicyclic) bond motifs is 1. The molecule has 0 unspecified atom stereocenters. The standard InChI is InChI=1S/C15H15N3O2S/c16-13(21)9-18-15(20)14(19)17-8-11-6-3-5-10-4-1-2-7-12(10)11/h1-7H,8-9H2,(H2,16,21)(H,17,19)(H,18,20). The van der Waals surface area contributed by atoms with E-state index in [2.05, 4.69) is 22.9 Å². The second kappa shape index (κ2) is 6.81. The summed E-state index contributed by atoms with van der Waals surface area (Å²) < 4.78 is 0. The van der Waals surface area contributed by atoms with Gasteiger partial charge in [-0.15, -0.1) is 0 Å². The van der Waals surface area contributed by atoms with Crippen molar-refractivity contribution in [3.8, 4) is 0 Å². The van der Waals surface area contributed by atoms with Gasteiger partial charge in [-0.25, -0.2) is 0 Å². The SMILES string of the molecule is NC(=S)CNC(=O)C(=O)NCc1cccc2ccccc12. The maximum absolute atomic E-state index is 11.7. The van der Waals surface area contributed by atoms with Crippen molar-refractivity contribution >= 4 is 39.8 Å². The largest absolute Gasteiger partial charge is 0.392 e. The fourth-order valence-corrected chi connectivity index (χ4v) is 2.02. The van der Waals surface area contributed by atoms with Crippen molar-refractivity contribution in [2.24, 2.45) is 5.73 Å². The van der Waals surface area contributed by atoms with Gasteiger partial charge in [0, 0.05) is 6.54 Å². The second-order valence-electron chi connectivity index (χ2n) is 4.47. The molecule has 2 aromatic carbocycles. The molecular formula is C15H15N3O2S. The average molecular weight is 301 g/mol. The molecule has 0 atom stereocenters. The summed E-state index contributed by atoms with van der Waals surface area (Å²) in [5, 5.41) is 7.05. The number of amides is 2. The fourth-order valence-electron chi connectivity index (χ4n) is 1.95. The van der Waals surface area contributed by atoms with Gasteiger partial charge in [0.25, 0.3) is 0 Å². The highest BCUT2D eigenvalue weighted by Crippen LogP contribution is 2.18. The van der Waals surface area contributed by atoms with Crippen molar-refractivity contribution in [2.45, 2.75) is 6.54 Å². The molecule has 0 aliphatic carbocycles. The minimum absolute atomic E-state index is 0.00978. The topological polar surface area (TPSA) is 84.2 Å². The molecule has 0 aromatic heterocycles. The number of thiocarbonyl (C=S) groups is 1. The first kappa shape index (κ1) is 14.9. The summed E-state index contributed by atoms with van der Waals surface area (Å²) in [5.74, 6) is -1.46. The van der Waals surface area contributed by atoms with Crippen LogP contribution in [0.25, 0.3) is 10.8 Å². The van der Waals surface area contributed by atoms with Crippen molar-refractivity contribution in [2.75, 3.05) is 6.54 Å². The number of benzene rings is 2. The van der Waals surface area contributed by atoms with Crippen LogP contribution in [0, 0.1) is 0 Å². The van der Waals surface area contributed by atoms with Gasteiger partial charge < -0.3 is 16.4 Å². The van der Waals surface area contributed by atoms with E-state index in [4.69, 9.17) is 5.73 Å². The van der Waals surface area contributed by atoms with Crippen LogP contribution in [0.15, 0.2) is 42.5 Å². The van der Waals surface area contributed by atoms with E-state index in [1.165, 1.54) is 0 Å². The van der Waals surface area contributed by atoms with Gasteiger partial charge in [0.15, 0.2) is 0 Å². The quantitative estimate of drug-likeness (QED) is 0.577. The minimum Gasteiger partial charge on any atom is -0.392 e. The van der Waals surface area contributed by atoms with E-state index in [9.17, 15) is 9.59 Å². The smallest absolute Gasteiger partial charge is 0.309 e. The van der Waals surface area contributed by atoms with Gasteiger partial charge in [0.2, 0.25) is 0 Å². The third kappa shape index (κ3) is 4.00. The van der Waals surface area contributed by atoms with E-state index in [0.29, 0.717) is 0 Å². The zero-order chi connectivity index (χ0) is 15.2. The van der Waals surface area contributed by atoms with Crippen LogP contribution < -0.4 is 16.4 Å². The van der Waals surface area contributed by atoms with Crippen LogP contribution >= 0.6 is 12.2 Å². The molecule has 108 valence electrons. The summed E-state index contributed by atoms with van der Waals surface area (Å²) in [4.78, 5) is 23.3. The predicted molar refractivity (Wildman–Crippen MR) is 85.6 cm³/mol. The maximum Gasteiger partial charge on any atom is 0.309 e. The number of rotatable bonds is 4. The Bertz CT molecular complexity index is 695. The van der Waals surface area contributed by atoms with Crippen molar-refractivity contribution in [1.29, 1.82) is 0 Å². The van der Waals surface area contributed by atoms with Crippen LogP contribution in [0.2, 0.25) is 0 Å². The van der Waals surface area contributed by atoms with Gasteiger partial charge in [-0.2, -0.15) is 0 Å². The van der Waals surface area contributed by atoms with Crippen LogP contribution in [0.4, 0.5) is 0 Å². The van der Waals surface area contributed by atoms with Crippen molar-refractivity contribution < 1.29 is 9.59 Å². The summed E-state index contributed by atoms with van der Waals surface area (Å²) in [7, 11) is 0. The average Bonchev–Trinajstić information content (AvgIpc) is 2.50. The lowest BCUT2D eigenvalue weighted by Crippen LogP contribution is -2.42. The molecule has 0 spiro atoms. The number of carbonyl (C=O) groups is 2. The van der Waals surface area contributed by atoms with E-state index in [1.807, 2.05) is 42.5 Å². The van der Waals surface area contributed by atoms with Crippen LogP contribution in [0.1, 0.15) is 5.56 Å². The summed E-state index contributed by atoms with van der Waals surface area (Å²) in [5.41, 5.74) is 6.20. The Morgan fingerprint density at radius 2 is 1.67 bits per heavy atom. The lowest BCUT2D eigenvalue weighted by atomic mass is 10.0. The zero-order valence-corrected chi connectivity index (χ0v) is 12.1. The summed E-state index contributed by atoms with van der Waals surface area (Å²) >= 11 is 4.63. The zero-order valence-electron chi connectivity index (χ0n) is 11.3. The Morgan fingerprint density at radius 1 is 1.00 bits per heavy atom. The molecule has 0 saturated heterocycles. The third-order valence-corrected chi connectivity index (χ3v) is 3.09. The number of hydrogen-bond donors (Lipinski definition) is 3. The first-order valence-corrected chi connectivity index (χ1v) is 6.79. The fraction of sp³-hybridized carbons (Fsp3) is 0.133. The Morgan fingerprint density at radius 3 is 2.43 bits per heavy atom. The Labute approximate surface area is 127 Å². The van der Waals surface area contributed by atoms with E-state index in [1.54, 1.807) is 0 Å². The van der Waals surface area contributed by atoms with Crippen molar-refractivity contribution in [3.05, 3.63) is 48.0 Å². The van der Waals surface area contributed by atoms with Gasteiger partial charge in [-0.05, 0) is 16.3 Å². The highest BCUT2D eigenvalue weighted by molar-refractivity contribution is 7.80. The second-order valence-corrected chi connectivity index (χ2v) is 4.99. The van der Waals surface area contributed by atoms with Crippen molar-refractivity contribution in [3.63, 3.8) is 0 Å². The first-order valence-electron chi connectivity index (χ1n) is 6.39. The molecule has 0 heterocycles. The Balaban J connectivity index is 2.00. The molecule has 0 radical (unpaired) electrons. The van der Waals surface area contributed by atoms with E-state index < -0.39 is 11.8 Å². The highest BCUT2D eigenvalue weighted by Gasteiger charge is 2.13. The number of carbonyl (C=O) groups excluding carboxylic acids is 2. The Hall–Kier alpha value is -2.47. The van der Waals surface area contributed by atoms with Crippen molar-refractivity contribution in [1.82, 2.24) is 10.6 Å². The molecule has 6 heteroatoms. The van der Waals surface area contributed by atoms with E-state index in [-0.39, 0.29) is 18.1 Å².